The fourth-order valence-electron chi connectivity index (χ4n) is 2.57. The zero-order valence-electron chi connectivity index (χ0n) is 8.94. The third-order valence-electron chi connectivity index (χ3n) is 3.38. The van der Waals surface area contributed by atoms with Gasteiger partial charge < -0.3 is 14.7 Å². The molecule has 2 aliphatic heterocycles. The number of ether oxygens (including phenoxy) is 1. The Kier molecular flexibility index (Phi) is 2.66. The number of aromatic nitrogens is 2. The van der Waals surface area contributed by atoms with Crippen LogP contribution in [0.5, 0.6) is 0 Å². The first-order valence-corrected chi connectivity index (χ1v) is 6.09. The van der Waals surface area contributed by atoms with Crippen molar-refractivity contribution in [3.63, 3.8) is 0 Å². The maximum Gasteiger partial charge on any atom is 0.225 e. The Bertz CT molecular complexity index is 439. The SMILES string of the molecule is OC[C@@]12CO[C@@H](CN1c1cc(Cl)nc(Cl)n1)C2. The van der Waals surface area contributed by atoms with Crippen LogP contribution in [0.15, 0.2) is 6.07 Å². The first kappa shape index (κ1) is 11.5. The lowest BCUT2D eigenvalue weighted by molar-refractivity contribution is 0.0686. The number of rotatable bonds is 2. The van der Waals surface area contributed by atoms with Gasteiger partial charge in [0.1, 0.15) is 11.0 Å². The van der Waals surface area contributed by atoms with Gasteiger partial charge in [-0.3, -0.25) is 0 Å². The van der Waals surface area contributed by atoms with Crippen LogP contribution in [-0.2, 0) is 4.74 Å². The molecule has 2 atom stereocenters. The van der Waals surface area contributed by atoms with Crippen molar-refractivity contribution in [2.45, 2.75) is 18.1 Å². The van der Waals surface area contributed by atoms with E-state index >= 15 is 0 Å². The molecule has 7 heteroatoms. The van der Waals surface area contributed by atoms with E-state index in [-0.39, 0.29) is 23.5 Å². The van der Waals surface area contributed by atoms with Crippen molar-refractivity contribution in [2.75, 3.05) is 24.7 Å². The van der Waals surface area contributed by atoms with E-state index in [4.69, 9.17) is 27.9 Å². The van der Waals surface area contributed by atoms with Crippen molar-refractivity contribution in [2.24, 2.45) is 0 Å². The van der Waals surface area contributed by atoms with E-state index in [0.717, 1.165) is 6.42 Å². The van der Waals surface area contributed by atoms with Crippen LogP contribution in [0.3, 0.4) is 0 Å². The first-order valence-electron chi connectivity index (χ1n) is 5.33. The summed E-state index contributed by atoms with van der Waals surface area (Å²) in [7, 11) is 0. The lowest BCUT2D eigenvalue weighted by Crippen LogP contribution is -2.51. The minimum absolute atomic E-state index is 0.0305. The number of fused-ring (bicyclic) bond motifs is 2. The monoisotopic (exact) mass is 275 g/mol. The van der Waals surface area contributed by atoms with Crippen LogP contribution in [0, 0.1) is 0 Å². The Morgan fingerprint density at radius 2 is 2.35 bits per heavy atom. The zero-order chi connectivity index (χ0) is 12.0. The van der Waals surface area contributed by atoms with Gasteiger partial charge in [-0.15, -0.1) is 0 Å². The van der Waals surface area contributed by atoms with Crippen molar-refractivity contribution in [1.82, 2.24) is 9.97 Å². The lowest BCUT2D eigenvalue weighted by atomic mass is 10.0. The molecule has 3 heterocycles. The molecule has 0 aliphatic carbocycles. The number of aliphatic hydroxyl groups is 1. The quantitative estimate of drug-likeness (QED) is 0.648. The molecule has 2 fully saturated rings. The standard InChI is InChI=1S/C10H11Cl2N3O2/c11-7-1-8(14-9(12)13-7)15-3-6-2-10(15,4-16)5-17-6/h1,6,16H,2-5H2/t6-,10+/m1/s1. The molecule has 17 heavy (non-hydrogen) atoms. The Morgan fingerprint density at radius 3 is 3.00 bits per heavy atom. The number of halogens is 2. The van der Waals surface area contributed by atoms with E-state index in [2.05, 4.69) is 9.97 Å². The molecule has 1 aromatic heterocycles. The summed E-state index contributed by atoms with van der Waals surface area (Å²) < 4.78 is 5.55. The largest absolute Gasteiger partial charge is 0.394 e. The molecule has 0 amide bonds. The highest BCUT2D eigenvalue weighted by molar-refractivity contribution is 6.32. The summed E-state index contributed by atoms with van der Waals surface area (Å²) in [4.78, 5) is 9.99. The van der Waals surface area contributed by atoms with Gasteiger partial charge in [0.05, 0.1) is 24.9 Å². The summed E-state index contributed by atoms with van der Waals surface area (Å²) >= 11 is 11.7. The molecule has 2 bridgehead atoms. The van der Waals surface area contributed by atoms with Gasteiger partial charge in [0.2, 0.25) is 5.28 Å². The van der Waals surface area contributed by atoms with Crippen molar-refractivity contribution >= 4 is 29.0 Å². The molecule has 2 aliphatic rings. The molecule has 3 rings (SSSR count). The molecule has 0 spiro atoms. The Morgan fingerprint density at radius 1 is 1.53 bits per heavy atom. The first-order chi connectivity index (χ1) is 8.13. The molecule has 0 aromatic carbocycles. The second-order valence-electron chi connectivity index (χ2n) is 4.45. The highest BCUT2D eigenvalue weighted by Crippen LogP contribution is 2.40. The highest BCUT2D eigenvalue weighted by atomic mass is 35.5. The zero-order valence-corrected chi connectivity index (χ0v) is 10.4. The minimum atomic E-state index is -0.383. The normalized spacial score (nSPS) is 31.2. The van der Waals surface area contributed by atoms with Gasteiger partial charge in [0.15, 0.2) is 0 Å². The number of aliphatic hydroxyl groups excluding tert-OH is 1. The van der Waals surface area contributed by atoms with Crippen LogP contribution in [-0.4, -0.2) is 46.5 Å². The number of morpholine rings is 1. The topological polar surface area (TPSA) is 58.5 Å². The number of nitrogens with zero attached hydrogens (tertiary/aromatic N) is 3. The van der Waals surface area contributed by atoms with Crippen molar-refractivity contribution < 1.29 is 9.84 Å². The lowest BCUT2D eigenvalue weighted by Gasteiger charge is -2.37. The van der Waals surface area contributed by atoms with Crippen LogP contribution >= 0.6 is 23.2 Å². The van der Waals surface area contributed by atoms with Crippen LogP contribution in [0.4, 0.5) is 5.82 Å². The summed E-state index contributed by atoms with van der Waals surface area (Å²) in [6, 6.07) is 1.66. The van der Waals surface area contributed by atoms with E-state index < -0.39 is 0 Å². The van der Waals surface area contributed by atoms with Crippen LogP contribution in [0.1, 0.15) is 6.42 Å². The predicted octanol–water partition coefficient (Wildman–Crippen LogP) is 1.12. The Balaban J connectivity index is 1.99. The number of hydrogen-bond acceptors (Lipinski definition) is 5. The number of anilines is 1. The summed E-state index contributed by atoms with van der Waals surface area (Å²) in [5, 5.41) is 10.0. The highest BCUT2D eigenvalue weighted by Gasteiger charge is 2.52. The average Bonchev–Trinajstić information content (AvgIpc) is 2.85. The molecule has 92 valence electrons. The van der Waals surface area contributed by atoms with Crippen LogP contribution in [0.25, 0.3) is 0 Å². The molecule has 0 saturated carbocycles. The molecule has 1 N–H and O–H groups in total. The Labute approximate surface area is 108 Å². The average molecular weight is 276 g/mol. The summed E-state index contributed by atoms with van der Waals surface area (Å²) in [6.45, 7) is 1.24. The molecular formula is C10H11Cl2N3O2. The summed E-state index contributed by atoms with van der Waals surface area (Å²) in [5.41, 5.74) is -0.383. The van der Waals surface area contributed by atoms with Gasteiger partial charge in [-0.05, 0) is 11.6 Å². The maximum atomic E-state index is 9.58. The summed E-state index contributed by atoms with van der Waals surface area (Å²) in [5.74, 6) is 0.648. The van der Waals surface area contributed by atoms with Crippen molar-refractivity contribution in [3.05, 3.63) is 16.5 Å². The van der Waals surface area contributed by atoms with Gasteiger partial charge in [-0.1, -0.05) is 11.6 Å². The second kappa shape index (κ2) is 3.95. The fourth-order valence-corrected chi connectivity index (χ4v) is 2.96. The third-order valence-corrected chi connectivity index (χ3v) is 3.74. The molecule has 1 aromatic rings. The second-order valence-corrected chi connectivity index (χ2v) is 5.17. The number of hydrogen-bond donors (Lipinski definition) is 1. The summed E-state index contributed by atoms with van der Waals surface area (Å²) in [6.07, 6.45) is 0.956. The van der Waals surface area contributed by atoms with E-state index in [1.165, 1.54) is 0 Å². The van der Waals surface area contributed by atoms with E-state index in [1.807, 2.05) is 4.90 Å². The Hall–Kier alpha value is -0.620. The maximum absolute atomic E-state index is 9.58. The van der Waals surface area contributed by atoms with Gasteiger partial charge in [-0.2, -0.15) is 0 Å². The molecule has 0 radical (unpaired) electrons. The predicted molar refractivity (Wildman–Crippen MR) is 63.6 cm³/mol. The third kappa shape index (κ3) is 1.78. The molecule has 2 saturated heterocycles. The smallest absolute Gasteiger partial charge is 0.225 e. The van der Waals surface area contributed by atoms with Crippen LogP contribution < -0.4 is 4.90 Å². The van der Waals surface area contributed by atoms with E-state index in [9.17, 15) is 5.11 Å². The van der Waals surface area contributed by atoms with Crippen molar-refractivity contribution in [3.8, 4) is 0 Å². The molecular weight excluding hydrogens is 265 g/mol. The fraction of sp³-hybridized carbons (Fsp3) is 0.600. The minimum Gasteiger partial charge on any atom is -0.394 e. The van der Waals surface area contributed by atoms with E-state index in [1.54, 1.807) is 6.07 Å². The van der Waals surface area contributed by atoms with Crippen LogP contribution in [0.2, 0.25) is 10.4 Å². The van der Waals surface area contributed by atoms with Crippen molar-refractivity contribution in [1.29, 1.82) is 0 Å². The molecule has 5 nitrogen and oxygen atoms in total. The van der Waals surface area contributed by atoms with Gasteiger partial charge in [-0.25, -0.2) is 9.97 Å². The van der Waals surface area contributed by atoms with Gasteiger partial charge in [0.25, 0.3) is 0 Å². The molecule has 0 unspecified atom stereocenters. The van der Waals surface area contributed by atoms with Gasteiger partial charge in [0, 0.05) is 19.0 Å². The van der Waals surface area contributed by atoms with E-state index in [0.29, 0.717) is 24.1 Å². The van der Waals surface area contributed by atoms with Gasteiger partial charge >= 0.3 is 0 Å².